The molecule has 0 aliphatic carbocycles. The van der Waals surface area contributed by atoms with Gasteiger partial charge in [0.25, 0.3) is 0 Å². The SMILES string of the molecule is NCC(Oc1ccc(Cl)cc1Br)c1cccs1. The lowest BCUT2D eigenvalue weighted by Crippen LogP contribution is -2.17. The van der Waals surface area contributed by atoms with Crippen LogP contribution in [0.3, 0.4) is 0 Å². The summed E-state index contributed by atoms with van der Waals surface area (Å²) in [6.07, 6.45) is -0.118. The summed E-state index contributed by atoms with van der Waals surface area (Å²) in [6.45, 7) is 0.440. The number of halogens is 2. The van der Waals surface area contributed by atoms with Crippen LogP contribution in [-0.2, 0) is 0 Å². The second-order valence-electron chi connectivity index (χ2n) is 3.43. The van der Waals surface area contributed by atoms with Crippen LogP contribution in [0.15, 0.2) is 40.2 Å². The highest BCUT2D eigenvalue weighted by atomic mass is 79.9. The summed E-state index contributed by atoms with van der Waals surface area (Å²) in [6, 6.07) is 9.44. The van der Waals surface area contributed by atoms with Crippen LogP contribution in [0.2, 0.25) is 5.02 Å². The van der Waals surface area contributed by atoms with E-state index in [-0.39, 0.29) is 6.10 Å². The Morgan fingerprint density at radius 2 is 2.24 bits per heavy atom. The average Bonchev–Trinajstić information content (AvgIpc) is 2.81. The van der Waals surface area contributed by atoms with Crippen LogP contribution >= 0.6 is 38.9 Å². The molecule has 5 heteroatoms. The van der Waals surface area contributed by atoms with Crippen molar-refractivity contribution < 1.29 is 4.74 Å². The Bertz CT molecular complexity index is 489. The summed E-state index contributed by atoms with van der Waals surface area (Å²) in [5.74, 6) is 0.748. The van der Waals surface area contributed by atoms with E-state index in [0.29, 0.717) is 11.6 Å². The van der Waals surface area contributed by atoms with Crippen LogP contribution < -0.4 is 10.5 Å². The zero-order valence-electron chi connectivity index (χ0n) is 8.90. The molecule has 2 aromatic rings. The zero-order chi connectivity index (χ0) is 12.3. The van der Waals surface area contributed by atoms with Gasteiger partial charge in [0.1, 0.15) is 11.9 Å². The molecule has 0 bridgehead atoms. The summed E-state index contributed by atoms with van der Waals surface area (Å²) in [7, 11) is 0. The van der Waals surface area contributed by atoms with Gasteiger partial charge in [-0.1, -0.05) is 17.7 Å². The summed E-state index contributed by atoms with van der Waals surface area (Å²) < 4.78 is 6.71. The summed E-state index contributed by atoms with van der Waals surface area (Å²) in [4.78, 5) is 1.12. The minimum Gasteiger partial charge on any atom is -0.482 e. The molecule has 0 saturated heterocycles. The van der Waals surface area contributed by atoms with Gasteiger partial charge in [-0.2, -0.15) is 0 Å². The molecule has 0 amide bonds. The molecule has 1 atom stereocenters. The zero-order valence-corrected chi connectivity index (χ0v) is 12.1. The molecule has 0 spiro atoms. The Labute approximate surface area is 117 Å². The molecule has 0 fully saturated rings. The number of nitrogens with two attached hydrogens (primary N) is 1. The van der Waals surface area contributed by atoms with Crippen LogP contribution in [-0.4, -0.2) is 6.54 Å². The van der Waals surface area contributed by atoms with Gasteiger partial charge >= 0.3 is 0 Å². The molecule has 1 unspecified atom stereocenters. The van der Waals surface area contributed by atoms with Crippen molar-refractivity contribution in [2.24, 2.45) is 5.73 Å². The van der Waals surface area contributed by atoms with Gasteiger partial charge in [0.05, 0.1) is 4.47 Å². The van der Waals surface area contributed by atoms with Gasteiger partial charge in [-0.25, -0.2) is 0 Å². The number of ether oxygens (including phenoxy) is 1. The van der Waals surface area contributed by atoms with Gasteiger partial charge < -0.3 is 10.5 Å². The maximum absolute atomic E-state index is 5.88. The lowest BCUT2D eigenvalue weighted by molar-refractivity contribution is 0.216. The van der Waals surface area contributed by atoms with E-state index in [1.54, 1.807) is 23.5 Å². The molecule has 1 heterocycles. The highest BCUT2D eigenvalue weighted by Crippen LogP contribution is 2.32. The number of rotatable bonds is 4. The van der Waals surface area contributed by atoms with Gasteiger partial charge in [0.15, 0.2) is 0 Å². The van der Waals surface area contributed by atoms with Crippen molar-refractivity contribution in [3.05, 3.63) is 50.1 Å². The topological polar surface area (TPSA) is 35.2 Å². The average molecular weight is 333 g/mol. The van der Waals surface area contributed by atoms with Crippen molar-refractivity contribution in [1.82, 2.24) is 0 Å². The fourth-order valence-electron chi connectivity index (χ4n) is 1.42. The molecule has 1 aromatic heterocycles. The van der Waals surface area contributed by atoms with Crippen molar-refractivity contribution in [2.75, 3.05) is 6.54 Å². The van der Waals surface area contributed by atoms with Crippen molar-refractivity contribution in [2.45, 2.75) is 6.10 Å². The minimum absolute atomic E-state index is 0.118. The standard InChI is InChI=1S/C12H11BrClNOS/c13-9-6-8(14)3-4-10(9)16-11(7-15)12-2-1-5-17-12/h1-6,11H,7,15H2. The second-order valence-corrected chi connectivity index (χ2v) is 5.70. The van der Waals surface area contributed by atoms with Crippen LogP contribution in [0.1, 0.15) is 11.0 Å². The van der Waals surface area contributed by atoms with E-state index in [0.717, 1.165) is 15.1 Å². The Kier molecular flexibility index (Phi) is 4.45. The predicted octanol–water partition coefficient (Wildman–Crippen LogP) is 4.24. The van der Waals surface area contributed by atoms with Crippen molar-refractivity contribution in [3.8, 4) is 5.75 Å². The van der Waals surface area contributed by atoms with Gasteiger partial charge in [-0.3, -0.25) is 0 Å². The monoisotopic (exact) mass is 331 g/mol. The Morgan fingerprint density at radius 1 is 1.41 bits per heavy atom. The van der Waals surface area contributed by atoms with E-state index >= 15 is 0 Å². The molecule has 2 nitrogen and oxygen atoms in total. The van der Waals surface area contributed by atoms with E-state index < -0.39 is 0 Å². The van der Waals surface area contributed by atoms with Gasteiger partial charge in [-0.05, 0) is 45.6 Å². The Hall–Kier alpha value is -0.550. The third-order valence-corrected chi connectivity index (χ3v) is 4.06. The first-order chi connectivity index (χ1) is 8.20. The highest BCUT2D eigenvalue weighted by molar-refractivity contribution is 9.10. The normalized spacial score (nSPS) is 12.4. The minimum atomic E-state index is -0.118. The predicted molar refractivity (Wildman–Crippen MR) is 75.9 cm³/mol. The van der Waals surface area contributed by atoms with E-state index in [9.17, 15) is 0 Å². The number of hydrogen-bond donors (Lipinski definition) is 1. The fourth-order valence-corrected chi connectivity index (χ4v) is 2.96. The van der Waals surface area contributed by atoms with Crippen LogP contribution in [0.25, 0.3) is 0 Å². The lowest BCUT2D eigenvalue weighted by atomic mass is 10.3. The third-order valence-electron chi connectivity index (χ3n) is 2.24. The van der Waals surface area contributed by atoms with E-state index in [4.69, 9.17) is 22.1 Å². The number of hydrogen-bond acceptors (Lipinski definition) is 3. The van der Waals surface area contributed by atoms with Crippen LogP contribution in [0, 0.1) is 0 Å². The van der Waals surface area contributed by atoms with Crippen molar-refractivity contribution in [3.63, 3.8) is 0 Å². The Morgan fingerprint density at radius 3 is 2.82 bits per heavy atom. The Balaban J connectivity index is 2.19. The largest absolute Gasteiger partial charge is 0.482 e. The fraction of sp³-hybridized carbons (Fsp3) is 0.167. The molecule has 17 heavy (non-hydrogen) atoms. The van der Waals surface area contributed by atoms with E-state index in [1.807, 2.05) is 23.6 Å². The van der Waals surface area contributed by atoms with Gasteiger partial charge in [0, 0.05) is 16.4 Å². The molecular weight excluding hydrogens is 322 g/mol. The second kappa shape index (κ2) is 5.87. The number of benzene rings is 1. The van der Waals surface area contributed by atoms with Crippen LogP contribution in [0.5, 0.6) is 5.75 Å². The molecule has 1 aromatic carbocycles. The molecule has 2 rings (SSSR count). The lowest BCUT2D eigenvalue weighted by Gasteiger charge is -2.17. The highest BCUT2D eigenvalue weighted by Gasteiger charge is 2.14. The smallest absolute Gasteiger partial charge is 0.145 e. The van der Waals surface area contributed by atoms with Crippen LogP contribution in [0.4, 0.5) is 0 Å². The molecule has 0 aliphatic heterocycles. The first-order valence-electron chi connectivity index (χ1n) is 5.06. The quantitative estimate of drug-likeness (QED) is 0.908. The number of thiophene rings is 1. The molecular formula is C12H11BrClNOS. The summed E-state index contributed by atoms with van der Waals surface area (Å²) in [5.41, 5.74) is 5.73. The summed E-state index contributed by atoms with van der Waals surface area (Å²) in [5, 5.41) is 2.68. The van der Waals surface area contributed by atoms with Gasteiger partial charge in [0.2, 0.25) is 0 Å². The van der Waals surface area contributed by atoms with Crippen molar-refractivity contribution >= 4 is 38.9 Å². The molecule has 90 valence electrons. The first-order valence-corrected chi connectivity index (χ1v) is 7.11. The van der Waals surface area contributed by atoms with Crippen molar-refractivity contribution in [1.29, 1.82) is 0 Å². The van der Waals surface area contributed by atoms with Gasteiger partial charge in [-0.15, -0.1) is 11.3 Å². The molecule has 0 radical (unpaired) electrons. The molecule has 0 aliphatic rings. The maximum atomic E-state index is 5.88. The molecule has 0 saturated carbocycles. The van der Waals surface area contributed by atoms with E-state index in [1.165, 1.54) is 0 Å². The molecule has 2 N–H and O–H groups in total. The third kappa shape index (κ3) is 3.22. The first kappa shape index (κ1) is 12.9. The maximum Gasteiger partial charge on any atom is 0.145 e. The summed E-state index contributed by atoms with van der Waals surface area (Å²) >= 11 is 10.9. The van der Waals surface area contributed by atoms with E-state index in [2.05, 4.69) is 15.9 Å².